The maximum Gasteiger partial charge on any atom is 0.251 e. The van der Waals surface area contributed by atoms with E-state index in [0.717, 1.165) is 28.9 Å². The molecule has 0 fully saturated rings. The predicted octanol–water partition coefficient (Wildman–Crippen LogP) is 3.35. The van der Waals surface area contributed by atoms with Gasteiger partial charge in [0.05, 0.1) is 0 Å². The molecule has 0 aliphatic carbocycles. The number of primary amides is 1. The number of rotatable bonds is 15. The van der Waals surface area contributed by atoms with E-state index in [1.165, 1.54) is 49.9 Å². The number of phenolic OH excluding ortho intramolecular Hbond substituents is 2. The number of fused-ring (bicyclic) bond motifs is 5. The van der Waals surface area contributed by atoms with Crippen LogP contribution in [0.4, 0.5) is 0 Å². The number of nitrogens with one attached hydrogen (secondary N) is 4. The molecule has 322 valence electrons. The van der Waals surface area contributed by atoms with Crippen LogP contribution in [0, 0.1) is 0 Å². The lowest BCUT2D eigenvalue weighted by molar-refractivity contribution is -0.143. The van der Waals surface area contributed by atoms with Gasteiger partial charge in [-0.2, -0.15) is 0 Å². The number of amides is 6. The first-order chi connectivity index (χ1) is 29.2. The fourth-order valence-electron chi connectivity index (χ4n) is 7.28. The van der Waals surface area contributed by atoms with Gasteiger partial charge in [0.1, 0.15) is 35.7 Å². The molecule has 1 aliphatic heterocycles. The molecule has 0 saturated heterocycles. The summed E-state index contributed by atoms with van der Waals surface area (Å²) >= 11 is 0. The Kier molecular flexibility index (Phi) is 15.6. The molecule has 1 aliphatic rings. The molecule has 4 aromatic carbocycles. The van der Waals surface area contributed by atoms with Crippen molar-refractivity contribution in [1.82, 2.24) is 26.2 Å². The first-order valence-electron chi connectivity index (χ1n) is 20.5. The fourth-order valence-corrected chi connectivity index (χ4v) is 7.28. The zero-order valence-electron chi connectivity index (χ0n) is 34.7. The van der Waals surface area contributed by atoms with E-state index in [9.17, 15) is 39.0 Å². The molecule has 15 nitrogen and oxygen atoms in total. The molecule has 0 spiro atoms. The van der Waals surface area contributed by atoms with E-state index in [1.54, 1.807) is 18.2 Å². The Balaban J connectivity index is 1.33. The summed E-state index contributed by atoms with van der Waals surface area (Å²) in [5.41, 5.74) is 16.1. The van der Waals surface area contributed by atoms with Crippen LogP contribution in [0.1, 0.15) is 79.0 Å². The molecule has 0 saturated carbocycles. The van der Waals surface area contributed by atoms with Gasteiger partial charge in [-0.3, -0.25) is 28.8 Å². The lowest BCUT2D eigenvalue weighted by Gasteiger charge is -2.32. The highest BCUT2D eigenvalue weighted by Crippen LogP contribution is 2.39. The van der Waals surface area contributed by atoms with Crippen LogP contribution in [-0.2, 0) is 36.8 Å². The summed E-state index contributed by atoms with van der Waals surface area (Å²) in [6.07, 6.45) is 3.08. The molecular weight excluding hydrogens is 779 g/mol. The van der Waals surface area contributed by atoms with Crippen LogP contribution in [0.3, 0.4) is 0 Å². The largest absolute Gasteiger partial charge is 0.507 e. The van der Waals surface area contributed by atoms with Gasteiger partial charge in [0.2, 0.25) is 29.5 Å². The lowest BCUT2D eigenvalue weighted by Crippen LogP contribution is -2.55. The van der Waals surface area contributed by atoms with Gasteiger partial charge < -0.3 is 47.8 Å². The van der Waals surface area contributed by atoms with Gasteiger partial charge in [0.25, 0.3) is 5.91 Å². The minimum atomic E-state index is -1.41. The average molecular weight is 834 g/mol. The highest BCUT2D eigenvalue weighted by Gasteiger charge is 2.35. The van der Waals surface area contributed by atoms with Crippen LogP contribution in [-0.4, -0.2) is 88.8 Å². The number of likely N-dealkylation sites (N-methyl/N-ethyl adjacent to an activating group) is 1. The zero-order valence-corrected chi connectivity index (χ0v) is 34.7. The summed E-state index contributed by atoms with van der Waals surface area (Å²) in [7, 11) is 1.38. The fraction of sp³-hybridized carbons (Fsp3) is 0.348. The number of phenols is 2. The number of unbranched alkanes of at least 4 members (excludes halogenated alkanes) is 1. The lowest BCUT2D eigenvalue weighted by atomic mass is 9.93. The van der Waals surface area contributed by atoms with E-state index >= 15 is 0 Å². The second-order valence-corrected chi connectivity index (χ2v) is 15.3. The smallest absolute Gasteiger partial charge is 0.251 e. The molecule has 1 heterocycles. The molecule has 4 bridgehead atoms. The molecule has 15 heteroatoms. The van der Waals surface area contributed by atoms with Crippen molar-refractivity contribution in [3.05, 3.63) is 107 Å². The van der Waals surface area contributed by atoms with Crippen molar-refractivity contribution < 1.29 is 39.0 Å². The van der Waals surface area contributed by atoms with Gasteiger partial charge in [-0.15, -0.1) is 0 Å². The Bertz CT molecular complexity index is 2230. The molecule has 4 atom stereocenters. The summed E-state index contributed by atoms with van der Waals surface area (Å²) in [6, 6.07) is 19.2. The number of aryl methyl sites for hydroxylation is 1. The maximum absolute atomic E-state index is 14.4. The number of carbonyl (C=O) groups is 6. The normalized spacial score (nSPS) is 16.9. The molecular formula is C46H55N7O8. The van der Waals surface area contributed by atoms with Gasteiger partial charge in [-0.1, -0.05) is 61.9 Å². The van der Waals surface area contributed by atoms with Crippen molar-refractivity contribution >= 4 is 35.4 Å². The number of nitrogens with zero attached hydrogens (tertiary/aromatic N) is 1. The van der Waals surface area contributed by atoms with Crippen molar-refractivity contribution in [2.75, 3.05) is 20.1 Å². The molecule has 6 amide bonds. The Morgan fingerprint density at radius 1 is 0.852 bits per heavy atom. The van der Waals surface area contributed by atoms with Crippen molar-refractivity contribution in [1.29, 1.82) is 0 Å². The Morgan fingerprint density at radius 2 is 1.49 bits per heavy atom. The second kappa shape index (κ2) is 21.0. The Labute approximate surface area is 355 Å². The maximum atomic E-state index is 14.4. The minimum absolute atomic E-state index is 0.0171. The minimum Gasteiger partial charge on any atom is -0.507 e. The van der Waals surface area contributed by atoms with E-state index in [-0.39, 0.29) is 59.9 Å². The second-order valence-electron chi connectivity index (χ2n) is 15.3. The summed E-state index contributed by atoms with van der Waals surface area (Å²) in [5, 5.41) is 32.6. The van der Waals surface area contributed by atoms with Gasteiger partial charge in [0, 0.05) is 43.1 Å². The molecule has 4 aromatic rings. The molecule has 10 N–H and O–H groups in total. The van der Waals surface area contributed by atoms with Crippen LogP contribution in [0.5, 0.6) is 11.5 Å². The number of carbonyl (C=O) groups excluding carboxylic acids is 6. The molecule has 0 radical (unpaired) electrons. The Hall–Kier alpha value is -6.74. The van der Waals surface area contributed by atoms with Crippen molar-refractivity contribution in [2.45, 2.75) is 83.0 Å². The van der Waals surface area contributed by atoms with Gasteiger partial charge >= 0.3 is 0 Å². The Morgan fingerprint density at radius 3 is 2.13 bits per heavy atom. The first-order valence-corrected chi connectivity index (χ1v) is 20.5. The topological polar surface area (TPSA) is 246 Å². The van der Waals surface area contributed by atoms with Crippen LogP contribution < -0.4 is 32.7 Å². The summed E-state index contributed by atoms with van der Waals surface area (Å²) in [6.45, 7) is 3.87. The molecule has 1 unspecified atom stereocenters. The van der Waals surface area contributed by atoms with Crippen molar-refractivity contribution in [3.63, 3.8) is 0 Å². The van der Waals surface area contributed by atoms with Gasteiger partial charge in [-0.05, 0) is 103 Å². The van der Waals surface area contributed by atoms with E-state index < -0.39 is 53.7 Å². The van der Waals surface area contributed by atoms with Crippen LogP contribution in [0.15, 0.2) is 84.9 Å². The quantitative estimate of drug-likeness (QED) is 0.0818. The molecule has 5 rings (SSSR count). The number of hydrogen-bond acceptors (Lipinski definition) is 9. The third-order valence-electron chi connectivity index (χ3n) is 10.7. The molecule has 0 aromatic heterocycles. The van der Waals surface area contributed by atoms with Gasteiger partial charge in [-0.25, -0.2) is 0 Å². The summed E-state index contributed by atoms with van der Waals surface area (Å²) < 4.78 is 0. The standard InChI is InChI=1S/C46H55N7O8/c1-4-7-28-9-12-30(13-10-28)31-14-16-32(17-15-31)44(59)49-23-21-40(56)51-36(8-5-6-22-47)46(61)53(3)41-33-18-20-39(55)35(26-33)34-24-29(11-19-38(34)54)25-37(42(48)57)52-43(58)27(2)50-45(41)60/h9-20,24,26-27,36-37,41,54-55H,4-8,21-23,25,47H2,1-3H3,(H2,48,57)(H,49,59)(H,50,60)(H,51,56)(H,52,58)/t27-,36?,37-,41-/m0/s1. The van der Waals surface area contributed by atoms with Crippen LogP contribution in [0.25, 0.3) is 22.3 Å². The molecule has 61 heavy (non-hydrogen) atoms. The zero-order chi connectivity index (χ0) is 44.2. The van der Waals surface area contributed by atoms with E-state index in [0.29, 0.717) is 30.5 Å². The third kappa shape index (κ3) is 11.7. The highest BCUT2D eigenvalue weighted by molar-refractivity contribution is 5.97. The number of aromatic hydroxyl groups is 2. The van der Waals surface area contributed by atoms with E-state index in [1.807, 2.05) is 12.1 Å². The number of benzene rings is 4. The first kappa shape index (κ1) is 45.3. The van der Waals surface area contributed by atoms with Crippen LogP contribution in [0.2, 0.25) is 0 Å². The van der Waals surface area contributed by atoms with Crippen LogP contribution >= 0.6 is 0 Å². The highest BCUT2D eigenvalue weighted by atomic mass is 16.3. The van der Waals surface area contributed by atoms with E-state index in [4.69, 9.17) is 11.5 Å². The van der Waals surface area contributed by atoms with Gasteiger partial charge in [0.15, 0.2) is 0 Å². The SMILES string of the molecule is CCCc1ccc(-c2ccc(C(=O)NCCC(=O)NC(CCCCN)C(=O)N(C)[C@@H]3C(=O)N[C@@H](C)C(=O)N[C@H](C(N)=O)Cc4ccc(O)c(c4)-c4cc3ccc4O)cc2)cc1. The average Bonchev–Trinajstić information content (AvgIpc) is 3.24. The number of hydrogen-bond donors (Lipinski definition) is 8. The summed E-state index contributed by atoms with van der Waals surface area (Å²) in [5.74, 6) is -4.31. The predicted molar refractivity (Wildman–Crippen MR) is 231 cm³/mol. The van der Waals surface area contributed by atoms with E-state index in [2.05, 4.69) is 52.5 Å². The number of nitrogens with two attached hydrogens (primary N) is 2. The summed E-state index contributed by atoms with van der Waals surface area (Å²) in [4.78, 5) is 81.6. The third-order valence-corrected chi connectivity index (χ3v) is 10.7. The monoisotopic (exact) mass is 833 g/mol. The van der Waals surface area contributed by atoms with Crippen molar-refractivity contribution in [2.24, 2.45) is 11.5 Å². The van der Waals surface area contributed by atoms with Crippen molar-refractivity contribution in [3.8, 4) is 33.8 Å².